The molecule has 0 unspecified atom stereocenters. The van der Waals surface area contributed by atoms with Crippen LogP contribution in [0, 0.1) is 0 Å². The third-order valence-corrected chi connectivity index (χ3v) is 3.87. The SMILES string of the molecule is CCOC(=O)c1oc2cc(OC)c(OC)cc2c1CNc1ccccn1. The maximum absolute atomic E-state index is 12.3. The third kappa shape index (κ3) is 3.42. The molecule has 3 rings (SSSR count). The van der Waals surface area contributed by atoms with Gasteiger partial charge < -0.3 is 23.9 Å². The van der Waals surface area contributed by atoms with Crippen molar-refractivity contribution in [1.82, 2.24) is 4.98 Å². The lowest BCUT2D eigenvalue weighted by Crippen LogP contribution is -2.09. The monoisotopic (exact) mass is 356 g/mol. The summed E-state index contributed by atoms with van der Waals surface area (Å²) in [4.78, 5) is 16.6. The number of esters is 1. The Morgan fingerprint density at radius 1 is 1.19 bits per heavy atom. The van der Waals surface area contributed by atoms with Gasteiger partial charge in [-0.3, -0.25) is 0 Å². The van der Waals surface area contributed by atoms with Crippen LogP contribution in [0.2, 0.25) is 0 Å². The number of fused-ring (bicyclic) bond motifs is 1. The number of anilines is 1. The molecule has 0 aliphatic rings. The first-order valence-corrected chi connectivity index (χ1v) is 8.17. The Kier molecular flexibility index (Phi) is 5.26. The Morgan fingerprint density at radius 3 is 2.62 bits per heavy atom. The van der Waals surface area contributed by atoms with E-state index in [-0.39, 0.29) is 12.4 Å². The Hall–Kier alpha value is -3.22. The van der Waals surface area contributed by atoms with Crippen molar-refractivity contribution in [3.63, 3.8) is 0 Å². The summed E-state index contributed by atoms with van der Waals surface area (Å²) in [5.74, 6) is 1.40. The van der Waals surface area contributed by atoms with Crippen LogP contribution in [-0.2, 0) is 11.3 Å². The zero-order valence-electron chi connectivity index (χ0n) is 14.9. The van der Waals surface area contributed by atoms with E-state index in [1.807, 2.05) is 18.2 Å². The average molecular weight is 356 g/mol. The fraction of sp³-hybridized carbons (Fsp3) is 0.263. The number of aromatic nitrogens is 1. The molecule has 7 heteroatoms. The molecule has 136 valence electrons. The van der Waals surface area contributed by atoms with Gasteiger partial charge in [0, 0.05) is 29.8 Å². The van der Waals surface area contributed by atoms with Crippen LogP contribution in [0.4, 0.5) is 5.82 Å². The van der Waals surface area contributed by atoms with Crippen molar-refractivity contribution >= 4 is 22.8 Å². The summed E-state index contributed by atoms with van der Waals surface area (Å²) in [6.07, 6.45) is 1.69. The van der Waals surface area contributed by atoms with Gasteiger partial charge in [-0.15, -0.1) is 0 Å². The van der Waals surface area contributed by atoms with Crippen molar-refractivity contribution in [3.05, 3.63) is 47.9 Å². The molecule has 0 amide bonds. The first-order valence-electron chi connectivity index (χ1n) is 8.17. The van der Waals surface area contributed by atoms with Crippen molar-refractivity contribution < 1.29 is 23.4 Å². The maximum atomic E-state index is 12.3. The lowest BCUT2D eigenvalue weighted by molar-refractivity contribution is 0.0491. The predicted molar refractivity (Wildman–Crippen MR) is 96.8 cm³/mol. The van der Waals surface area contributed by atoms with Crippen molar-refractivity contribution in [3.8, 4) is 11.5 Å². The molecule has 0 bridgehead atoms. The first kappa shape index (κ1) is 17.6. The van der Waals surface area contributed by atoms with Gasteiger partial charge in [0.25, 0.3) is 0 Å². The van der Waals surface area contributed by atoms with E-state index in [0.717, 1.165) is 5.39 Å². The second-order valence-corrected chi connectivity index (χ2v) is 5.40. The highest BCUT2D eigenvalue weighted by Gasteiger charge is 2.23. The molecule has 0 spiro atoms. The maximum Gasteiger partial charge on any atom is 0.374 e. The molecule has 1 N–H and O–H groups in total. The molecular formula is C19H20N2O5. The summed E-state index contributed by atoms with van der Waals surface area (Å²) >= 11 is 0. The van der Waals surface area contributed by atoms with E-state index >= 15 is 0 Å². The number of ether oxygens (including phenoxy) is 3. The van der Waals surface area contributed by atoms with E-state index in [9.17, 15) is 4.79 Å². The average Bonchev–Trinajstić information content (AvgIpc) is 3.03. The van der Waals surface area contributed by atoms with Gasteiger partial charge in [0.05, 0.1) is 20.8 Å². The van der Waals surface area contributed by atoms with E-state index < -0.39 is 5.97 Å². The van der Waals surface area contributed by atoms with Crippen molar-refractivity contribution in [2.75, 3.05) is 26.1 Å². The second kappa shape index (κ2) is 7.77. The molecule has 0 radical (unpaired) electrons. The molecule has 2 aromatic heterocycles. The minimum Gasteiger partial charge on any atom is -0.493 e. The van der Waals surface area contributed by atoms with Crippen molar-refractivity contribution in [1.29, 1.82) is 0 Å². The largest absolute Gasteiger partial charge is 0.493 e. The van der Waals surface area contributed by atoms with Gasteiger partial charge >= 0.3 is 5.97 Å². The van der Waals surface area contributed by atoms with Gasteiger partial charge in [0.2, 0.25) is 5.76 Å². The highest BCUT2D eigenvalue weighted by atomic mass is 16.5. The number of hydrogen-bond donors (Lipinski definition) is 1. The predicted octanol–water partition coefficient (Wildman–Crippen LogP) is 3.63. The highest BCUT2D eigenvalue weighted by Crippen LogP contribution is 2.37. The summed E-state index contributed by atoms with van der Waals surface area (Å²) in [6.45, 7) is 2.35. The highest BCUT2D eigenvalue weighted by molar-refractivity contribution is 5.97. The van der Waals surface area contributed by atoms with E-state index in [4.69, 9.17) is 18.6 Å². The van der Waals surface area contributed by atoms with Gasteiger partial charge in [-0.2, -0.15) is 0 Å². The van der Waals surface area contributed by atoms with Crippen LogP contribution in [0.5, 0.6) is 11.5 Å². The van der Waals surface area contributed by atoms with Crippen LogP contribution in [0.1, 0.15) is 23.0 Å². The molecule has 0 aliphatic carbocycles. The topological polar surface area (TPSA) is 82.8 Å². The smallest absolute Gasteiger partial charge is 0.374 e. The molecule has 0 saturated heterocycles. The van der Waals surface area contributed by atoms with Gasteiger partial charge in [-0.1, -0.05) is 6.07 Å². The number of methoxy groups -OCH3 is 2. The lowest BCUT2D eigenvalue weighted by atomic mass is 10.1. The standard InChI is InChI=1S/C19H20N2O5/c1-4-25-19(22)18-13(11-21-17-7-5-6-8-20-17)12-9-15(23-2)16(24-3)10-14(12)26-18/h5-10H,4,11H2,1-3H3,(H,20,21). The summed E-state index contributed by atoms with van der Waals surface area (Å²) in [6, 6.07) is 9.04. The number of furan rings is 1. The molecular weight excluding hydrogens is 336 g/mol. The van der Waals surface area contributed by atoms with E-state index in [0.29, 0.717) is 35.0 Å². The Balaban J connectivity index is 2.06. The molecule has 1 aromatic carbocycles. The van der Waals surface area contributed by atoms with E-state index in [1.165, 1.54) is 0 Å². The first-order chi connectivity index (χ1) is 12.7. The van der Waals surface area contributed by atoms with Gasteiger partial charge in [0.1, 0.15) is 11.4 Å². The molecule has 26 heavy (non-hydrogen) atoms. The van der Waals surface area contributed by atoms with Gasteiger partial charge in [-0.25, -0.2) is 9.78 Å². The minimum atomic E-state index is -0.514. The second-order valence-electron chi connectivity index (χ2n) is 5.40. The third-order valence-electron chi connectivity index (χ3n) is 3.87. The molecule has 0 saturated carbocycles. The molecule has 2 heterocycles. The summed E-state index contributed by atoms with van der Waals surface area (Å²) in [5, 5.41) is 3.94. The molecule has 0 fully saturated rings. The number of pyridine rings is 1. The number of carbonyl (C=O) groups is 1. The van der Waals surface area contributed by atoms with E-state index in [1.54, 1.807) is 39.5 Å². The fourth-order valence-electron chi connectivity index (χ4n) is 2.66. The van der Waals surface area contributed by atoms with E-state index in [2.05, 4.69) is 10.3 Å². The normalized spacial score (nSPS) is 10.6. The number of nitrogens with zero attached hydrogens (tertiary/aromatic N) is 1. The number of carbonyl (C=O) groups excluding carboxylic acids is 1. The van der Waals surface area contributed by atoms with Crippen LogP contribution in [0.15, 0.2) is 40.9 Å². The van der Waals surface area contributed by atoms with Crippen LogP contribution in [0.3, 0.4) is 0 Å². The Morgan fingerprint density at radius 2 is 1.96 bits per heavy atom. The quantitative estimate of drug-likeness (QED) is 0.647. The summed E-state index contributed by atoms with van der Waals surface area (Å²) < 4.78 is 21.6. The molecule has 7 nitrogen and oxygen atoms in total. The minimum absolute atomic E-state index is 0.153. The Labute approximate surface area is 150 Å². The van der Waals surface area contributed by atoms with Crippen LogP contribution in [-0.4, -0.2) is 31.8 Å². The van der Waals surface area contributed by atoms with Gasteiger partial charge in [0.15, 0.2) is 11.5 Å². The summed E-state index contributed by atoms with van der Waals surface area (Å²) in [7, 11) is 3.10. The zero-order chi connectivity index (χ0) is 18.5. The molecule has 0 atom stereocenters. The lowest BCUT2D eigenvalue weighted by Gasteiger charge is -2.08. The van der Waals surface area contributed by atoms with Crippen molar-refractivity contribution in [2.45, 2.75) is 13.5 Å². The van der Waals surface area contributed by atoms with Crippen LogP contribution in [0.25, 0.3) is 11.0 Å². The number of rotatable bonds is 7. The summed E-state index contributed by atoms with van der Waals surface area (Å²) in [5.41, 5.74) is 1.19. The fourth-order valence-corrected chi connectivity index (χ4v) is 2.66. The molecule has 0 aliphatic heterocycles. The number of hydrogen-bond acceptors (Lipinski definition) is 7. The number of nitrogens with one attached hydrogen (secondary N) is 1. The number of benzene rings is 1. The molecule has 3 aromatic rings. The van der Waals surface area contributed by atoms with Gasteiger partial charge in [-0.05, 0) is 25.1 Å². The Bertz CT molecular complexity index is 905. The van der Waals surface area contributed by atoms with Crippen LogP contribution >= 0.6 is 0 Å². The van der Waals surface area contributed by atoms with Crippen molar-refractivity contribution in [2.24, 2.45) is 0 Å². The van der Waals surface area contributed by atoms with Crippen LogP contribution < -0.4 is 14.8 Å². The zero-order valence-corrected chi connectivity index (χ0v) is 14.9.